The molecule has 1 aliphatic heterocycles. The normalized spacial score (nSPS) is 24.7. The van der Waals surface area contributed by atoms with Crippen LogP contribution in [-0.4, -0.2) is 22.0 Å². The van der Waals surface area contributed by atoms with Crippen molar-refractivity contribution in [2.24, 2.45) is 0 Å². The van der Waals surface area contributed by atoms with Gasteiger partial charge in [0.25, 0.3) is 0 Å². The Balaban J connectivity index is 1.82. The Hall–Kier alpha value is -0.0600. The first-order valence-corrected chi connectivity index (χ1v) is 8.55. The summed E-state index contributed by atoms with van der Waals surface area (Å²) in [6.07, 6.45) is 2.71. The number of thioether (sulfide) groups is 1. The number of thiazole rings is 1. The fourth-order valence-electron chi connectivity index (χ4n) is 2.16. The molecule has 102 valence electrons. The molecule has 2 rings (SSSR count). The van der Waals surface area contributed by atoms with Crippen molar-refractivity contribution in [3.63, 3.8) is 0 Å². The Labute approximate surface area is 119 Å². The lowest BCUT2D eigenvalue weighted by atomic mass is 9.98. The molecule has 0 amide bonds. The average Bonchev–Trinajstić information content (AvgIpc) is 2.87. The molecule has 0 bridgehead atoms. The van der Waals surface area contributed by atoms with Crippen molar-refractivity contribution in [2.45, 2.75) is 57.2 Å². The number of aromatic nitrogens is 1. The lowest BCUT2D eigenvalue weighted by Crippen LogP contribution is -2.32. The fourth-order valence-corrected chi connectivity index (χ4v) is 4.35. The molecule has 1 saturated heterocycles. The van der Waals surface area contributed by atoms with Crippen LogP contribution in [-0.2, 0) is 12.0 Å². The standard InChI is InChI=1S/C14H24N2S2/c1-13(2,3)12-16-11(9-17-12)8-15-10-14(4)6-5-7-18-14/h9,15H,5-8,10H2,1-4H3. The first-order valence-electron chi connectivity index (χ1n) is 6.69. The highest BCUT2D eigenvalue weighted by molar-refractivity contribution is 8.00. The minimum absolute atomic E-state index is 0.177. The molecule has 1 fully saturated rings. The summed E-state index contributed by atoms with van der Waals surface area (Å²) in [7, 11) is 0. The van der Waals surface area contributed by atoms with E-state index < -0.39 is 0 Å². The lowest BCUT2D eigenvalue weighted by Gasteiger charge is -2.22. The van der Waals surface area contributed by atoms with Gasteiger partial charge in [-0.2, -0.15) is 11.8 Å². The van der Waals surface area contributed by atoms with Gasteiger partial charge in [-0.3, -0.25) is 0 Å². The van der Waals surface area contributed by atoms with Gasteiger partial charge >= 0.3 is 0 Å². The second-order valence-electron chi connectivity index (χ2n) is 6.40. The van der Waals surface area contributed by atoms with Crippen LogP contribution in [0.2, 0.25) is 0 Å². The van der Waals surface area contributed by atoms with Crippen LogP contribution >= 0.6 is 23.1 Å². The van der Waals surface area contributed by atoms with E-state index in [2.05, 4.69) is 50.2 Å². The van der Waals surface area contributed by atoms with E-state index in [1.54, 1.807) is 11.3 Å². The third-order valence-corrected chi connectivity index (χ3v) is 6.15. The van der Waals surface area contributed by atoms with Gasteiger partial charge in [-0.15, -0.1) is 11.3 Å². The summed E-state index contributed by atoms with van der Waals surface area (Å²) in [5.41, 5.74) is 1.37. The second-order valence-corrected chi connectivity index (χ2v) is 8.94. The minimum Gasteiger partial charge on any atom is -0.310 e. The Morgan fingerprint density at radius 1 is 1.44 bits per heavy atom. The van der Waals surface area contributed by atoms with Gasteiger partial charge in [0.2, 0.25) is 0 Å². The van der Waals surface area contributed by atoms with Crippen molar-refractivity contribution >= 4 is 23.1 Å². The summed E-state index contributed by atoms with van der Waals surface area (Å²) in [5, 5.41) is 7.00. The number of hydrogen-bond donors (Lipinski definition) is 1. The zero-order valence-electron chi connectivity index (χ0n) is 11.9. The molecule has 2 nitrogen and oxygen atoms in total. The quantitative estimate of drug-likeness (QED) is 0.910. The van der Waals surface area contributed by atoms with Crippen LogP contribution in [0.1, 0.15) is 51.2 Å². The molecule has 18 heavy (non-hydrogen) atoms. The van der Waals surface area contributed by atoms with Crippen LogP contribution in [0.25, 0.3) is 0 Å². The van der Waals surface area contributed by atoms with Crippen LogP contribution in [0.5, 0.6) is 0 Å². The maximum absolute atomic E-state index is 4.72. The van der Waals surface area contributed by atoms with Gasteiger partial charge in [0, 0.05) is 28.6 Å². The molecule has 1 aliphatic rings. The van der Waals surface area contributed by atoms with E-state index in [0.29, 0.717) is 4.75 Å². The first-order chi connectivity index (χ1) is 8.39. The Kier molecular flexibility index (Phi) is 4.40. The van der Waals surface area contributed by atoms with Crippen molar-refractivity contribution in [1.82, 2.24) is 10.3 Å². The molecule has 1 N–H and O–H groups in total. The number of nitrogens with one attached hydrogen (secondary N) is 1. The molecule has 1 unspecified atom stereocenters. The van der Waals surface area contributed by atoms with Gasteiger partial charge in [0.15, 0.2) is 0 Å². The van der Waals surface area contributed by atoms with Crippen LogP contribution in [0.15, 0.2) is 5.38 Å². The Bertz CT molecular complexity index is 387. The average molecular weight is 284 g/mol. The van der Waals surface area contributed by atoms with Crippen molar-refractivity contribution in [3.05, 3.63) is 16.1 Å². The van der Waals surface area contributed by atoms with Crippen LogP contribution in [0.3, 0.4) is 0 Å². The van der Waals surface area contributed by atoms with E-state index in [9.17, 15) is 0 Å². The zero-order valence-corrected chi connectivity index (χ0v) is 13.5. The van der Waals surface area contributed by atoms with Gasteiger partial charge in [-0.25, -0.2) is 4.98 Å². The monoisotopic (exact) mass is 284 g/mol. The van der Waals surface area contributed by atoms with Crippen molar-refractivity contribution < 1.29 is 0 Å². The molecule has 1 aromatic rings. The molecule has 1 atom stereocenters. The molecule has 4 heteroatoms. The molecular formula is C14H24N2S2. The highest BCUT2D eigenvalue weighted by Crippen LogP contribution is 2.37. The summed E-state index contributed by atoms with van der Waals surface area (Å²) < 4.78 is 0.447. The summed E-state index contributed by atoms with van der Waals surface area (Å²) >= 11 is 3.89. The lowest BCUT2D eigenvalue weighted by molar-refractivity contribution is 0.531. The maximum Gasteiger partial charge on any atom is 0.0982 e. The Morgan fingerprint density at radius 3 is 2.78 bits per heavy atom. The predicted octanol–water partition coefficient (Wildman–Crippen LogP) is 3.82. The molecule has 0 radical (unpaired) electrons. The third-order valence-electron chi connectivity index (χ3n) is 3.30. The van der Waals surface area contributed by atoms with Gasteiger partial charge < -0.3 is 5.32 Å². The van der Waals surface area contributed by atoms with E-state index in [0.717, 1.165) is 13.1 Å². The van der Waals surface area contributed by atoms with Gasteiger partial charge in [0.1, 0.15) is 0 Å². The predicted molar refractivity (Wildman–Crippen MR) is 82.6 cm³/mol. The fraction of sp³-hybridized carbons (Fsp3) is 0.786. The molecule has 2 heterocycles. The van der Waals surface area contributed by atoms with E-state index in [1.165, 1.54) is 29.3 Å². The molecule has 0 aliphatic carbocycles. The summed E-state index contributed by atoms with van der Waals surface area (Å²) in [6, 6.07) is 0. The maximum atomic E-state index is 4.72. The van der Waals surface area contributed by atoms with E-state index in [-0.39, 0.29) is 5.41 Å². The number of nitrogens with zero attached hydrogens (tertiary/aromatic N) is 1. The van der Waals surface area contributed by atoms with Crippen molar-refractivity contribution in [3.8, 4) is 0 Å². The summed E-state index contributed by atoms with van der Waals surface area (Å²) in [6.45, 7) is 11.0. The smallest absolute Gasteiger partial charge is 0.0982 e. The van der Waals surface area contributed by atoms with E-state index in [1.807, 2.05) is 0 Å². The summed E-state index contributed by atoms with van der Waals surface area (Å²) in [5.74, 6) is 1.32. The van der Waals surface area contributed by atoms with Crippen molar-refractivity contribution in [1.29, 1.82) is 0 Å². The third kappa shape index (κ3) is 3.72. The second kappa shape index (κ2) is 5.51. The van der Waals surface area contributed by atoms with E-state index in [4.69, 9.17) is 4.98 Å². The number of hydrogen-bond acceptors (Lipinski definition) is 4. The van der Waals surface area contributed by atoms with Crippen LogP contribution in [0, 0.1) is 0 Å². The largest absolute Gasteiger partial charge is 0.310 e. The highest BCUT2D eigenvalue weighted by atomic mass is 32.2. The minimum atomic E-state index is 0.177. The van der Waals surface area contributed by atoms with Gasteiger partial charge in [-0.1, -0.05) is 20.8 Å². The SMILES string of the molecule is CC1(CNCc2csc(C(C)(C)C)n2)CCCS1. The summed E-state index contributed by atoms with van der Waals surface area (Å²) in [4.78, 5) is 4.72. The first kappa shape index (κ1) is 14.4. The highest BCUT2D eigenvalue weighted by Gasteiger charge is 2.28. The van der Waals surface area contributed by atoms with Gasteiger partial charge in [-0.05, 0) is 25.5 Å². The van der Waals surface area contributed by atoms with Crippen molar-refractivity contribution in [2.75, 3.05) is 12.3 Å². The molecule has 0 aromatic carbocycles. The number of rotatable bonds is 4. The van der Waals surface area contributed by atoms with Crippen LogP contribution < -0.4 is 5.32 Å². The van der Waals surface area contributed by atoms with E-state index >= 15 is 0 Å². The molecular weight excluding hydrogens is 260 g/mol. The van der Waals surface area contributed by atoms with Crippen LogP contribution in [0.4, 0.5) is 0 Å². The topological polar surface area (TPSA) is 24.9 Å². The molecule has 0 spiro atoms. The Morgan fingerprint density at radius 2 is 2.22 bits per heavy atom. The molecule has 0 saturated carbocycles. The van der Waals surface area contributed by atoms with Gasteiger partial charge in [0.05, 0.1) is 10.7 Å². The molecule has 1 aromatic heterocycles. The zero-order chi connectivity index (χ0) is 13.2.